The van der Waals surface area contributed by atoms with Crippen LogP contribution in [0.15, 0.2) is 68.0 Å². The topological polar surface area (TPSA) is 58.4 Å². The smallest absolute Gasteiger partial charge is 0.0994 e. The molecule has 1 aromatic carbocycles. The summed E-state index contributed by atoms with van der Waals surface area (Å²) >= 11 is 0. The predicted molar refractivity (Wildman–Crippen MR) is 212 cm³/mol. The standard InChI is InChI=1S/C35H48N6.3C2H6.C2H4/c1-25(2)28-8-6-7-27(22-28)21-26(3)39-18-13-32-31(39)14-19-40(32)29-11-15-35(24-36,16-12-29)33-10-9-30(23-37-33)41-20-17-38-34(41,4)5;4*1-2/h6-10,22-23,25,29,31-32,38H,3,11-21H2,1-2,4-5H3;3*1-2H3;1-2H2. The molecule has 4 fully saturated rings. The number of allylic oxidation sites excluding steroid dienone is 1. The van der Waals surface area contributed by atoms with Gasteiger partial charge in [0, 0.05) is 56.4 Å². The zero-order valence-corrected chi connectivity index (χ0v) is 33.0. The number of pyridine rings is 1. The molecular formula is C43H70N6. The molecule has 1 N–H and O–H groups in total. The summed E-state index contributed by atoms with van der Waals surface area (Å²) in [5.74, 6) is 0.549. The maximum Gasteiger partial charge on any atom is 0.0994 e. The third-order valence-corrected chi connectivity index (χ3v) is 10.7. The lowest BCUT2D eigenvalue weighted by Crippen LogP contribution is -2.46. The van der Waals surface area contributed by atoms with Crippen LogP contribution in [0.4, 0.5) is 5.69 Å². The van der Waals surface area contributed by atoms with Crippen LogP contribution in [0.3, 0.4) is 0 Å². The molecule has 0 radical (unpaired) electrons. The van der Waals surface area contributed by atoms with E-state index in [1.54, 1.807) is 0 Å². The highest BCUT2D eigenvalue weighted by molar-refractivity contribution is 5.49. The van der Waals surface area contributed by atoms with Gasteiger partial charge in [0.1, 0.15) is 0 Å². The fraction of sp³-hybridized carbons (Fsp3) is 0.628. The van der Waals surface area contributed by atoms with Crippen molar-refractivity contribution in [2.24, 2.45) is 0 Å². The van der Waals surface area contributed by atoms with E-state index in [1.807, 2.05) is 47.7 Å². The summed E-state index contributed by atoms with van der Waals surface area (Å²) in [5.41, 5.74) is 5.62. The van der Waals surface area contributed by atoms with Crippen molar-refractivity contribution in [3.8, 4) is 6.07 Å². The van der Waals surface area contributed by atoms with Crippen molar-refractivity contribution in [2.75, 3.05) is 31.1 Å². The van der Waals surface area contributed by atoms with E-state index in [-0.39, 0.29) is 5.66 Å². The van der Waals surface area contributed by atoms with E-state index in [9.17, 15) is 5.26 Å². The number of hydrogen-bond donors (Lipinski definition) is 1. The van der Waals surface area contributed by atoms with E-state index in [0.717, 1.165) is 63.1 Å². The van der Waals surface area contributed by atoms with Gasteiger partial charge in [0.2, 0.25) is 0 Å². The summed E-state index contributed by atoms with van der Waals surface area (Å²) in [7, 11) is 0. The molecule has 3 saturated heterocycles. The molecule has 6 rings (SSSR count). The Labute approximate surface area is 301 Å². The van der Waals surface area contributed by atoms with Crippen LogP contribution >= 0.6 is 0 Å². The normalized spacial score (nSPS) is 25.2. The molecule has 0 bridgehead atoms. The number of benzene rings is 1. The fourth-order valence-corrected chi connectivity index (χ4v) is 8.25. The fourth-order valence-electron chi connectivity index (χ4n) is 8.25. The number of rotatable bonds is 7. The minimum absolute atomic E-state index is 0.0667. The molecule has 3 aliphatic heterocycles. The lowest BCUT2D eigenvalue weighted by atomic mass is 9.70. The molecule has 1 aromatic heterocycles. The molecule has 6 nitrogen and oxygen atoms in total. The maximum atomic E-state index is 10.4. The van der Waals surface area contributed by atoms with Crippen molar-refractivity contribution in [3.05, 3.63) is 84.8 Å². The maximum absolute atomic E-state index is 10.4. The number of anilines is 1. The van der Waals surface area contributed by atoms with Gasteiger partial charge in [-0.2, -0.15) is 5.26 Å². The molecule has 1 aliphatic carbocycles. The minimum atomic E-state index is -0.465. The number of nitriles is 1. The summed E-state index contributed by atoms with van der Waals surface area (Å²) in [4.78, 5) is 12.7. The molecule has 4 aliphatic rings. The van der Waals surface area contributed by atoms with Gasteiger partial charge in [-0.1, -0.05) is 86.2 Å². The van der Waals surface area contributed by atoms with Crippen LogP contribution in [0.2, 0.25) is 0 Å². The first-order valence-electron chi connectivity index (χ1n) is 19.4. The zero-order valence-electron chi connectivity index (χ0n) is 33.0. The Morgan fingerprint density at radius 2 is 1.59 bits per heavy atom. The molecule has 0 amide bonds. The zero-order chi connectivity index (χ0) is 36.8. The van der Waals surface area contributed by atoms with Crippen molar-refractivity contribution < 1.29 is 0 Å². The number of hydrogen-bond acceptors (Lipinski definition) is 6. The van der Waals surface area contributed by atoms with Crippen LogP contribution < -0.4 is 10.2 Å². The van der Waals surface area contributed by atoms with Crippen LogP contribution in [0.25, 0.3) is 0 Å². The van der Waals surface area contributed by atoms with Gasteiger partial charge >= 0.3 is 0 Å². The van der Waals surface area contributed by atoms with Crippen LogP contribution in [0, 0.1) is 11.3 Å². The first-order valence-corrected chi connectivity index (χ1v) is 19.4. The molecule has 2 unspecified atom stereocenters. The second-order valence-corrected chi connectivity index (χ2v) is 13.8. The molecule has 272 valence electrons. The van der Waals surface area contributed by atoms with Gasteiger partial charge in [-0.05, 0) is 81.5 Å². The third-order valence-electron chi connectivity index (χ3n) is 10.7. The van der Waals surface area contributed by atoms with Crippen LogP contribution in [-0.2, 0) is 11.8 Å². The Kier molecular flexibility index (Phi) is 17.1. The molecule has 6 heteroatoms. The van der Waals surface area contributed by atoms with Gasteiger partial charge in [0.15, 0.2) is 0 Å². The second-order valence-electron chi connectivity index (χ2n) is 13.8. The van der Waals surface area contributed by atoms with Crippen molar-refractivity contribution in [1.29, 1.82) is 5.26 Å². The van der Waals surface area contributed by atoms with Crippen LogP contribution in [0.5, 0.6) is 0 Å². The molecule has 2 aromatic rings. The minimum Gasteiger partial charge on any atom is -0.370 e. The number of fused-ring (bicyclic) bond motifs is 1. The van der Waals surface area contributed by atoms with E-state index in [2.05, 4.69) is 110 Å². The Balaban J connectivity index is 0.000000973. The lowest BCUT2D eigenvalue weighted by Gasteiger charge is -2.41. The van der Waals surface area contributed by atoms with Gasteiger partial charge < -0.3 is 9.80 Å². The average Bonchev–Trinajstić information content (AvgIpc) is 3.87. The summed E-state index contributed by atoms with van der Waals surface area (Å²) in [6.07, 6.45) is 9.32. The van der Waals surface area contributed by atoms with E-state index >= 15 is 0 Å². The Hall–Kier alpha value is -3.14. The third kappa shape index (κ3) is 9.56. The molecule has 0 spiro atoms. The van der Waals surface area contributed by atoms with Gasteiger partial charge in [-0.15, -0.1) is 13.2 Å². The Morgan fingerprint density at radius 1 is 0.939 bits per heavy atom. The van der Waals surface area contributed by atoms with Gasteiger partial charge in [-0.3, -0.25) is 15.2 Å². The van der Waals surface area contributed by atoms with Crippen LogP contribution in [0.1, 0.15) is 131 Å². The average molecular weight is 671 g/mol. The van der Waals surface area contributed by atoms with Crippen molar-refractivity contribution in [1.82, 2.24) is 20.1 Å². The summed E-state index contributed by atoms with van der Waals surface area (Å²) in [6.45, 7) is 35.7. The van der Waals surface area contributed by atoms with Crippen molar-refractivity contribution in [3.63, 3.8) is 0 Å². The lowest BCUT2D eigenvalue weighted by molar-refractivity contribution is 0.121. The highest BCUT2D eigenvalue weighted by Gasteiger charge is 2.48. The second kappa shape index (κ2) is 19.9. The SMILES string of the molecule is C=C.C=C(Cc1cccc(C(C)C)c1)N1CCC2C1CCN2C1CCC(C#N)(c2ccc(N3CCNC3(C)C)cn2)CC1.CC.CC.CC. The van der Waals surface area contributed by atoms with Gasteiger partial charge in [0.25, 0.3) is 0 Å². The molecule has 2 atom stereocenters. The van der Waals surface area contributed by atoms with E-state index in [0.29, 0.717) is 24.0 Å². The van der Waals surface area contributed by atoms with Gasteiger partial charge in [0.05, 0.1) is 34.7 Å². The highest BCUT2D eigenvalue weighted by Crippen LogP contribution is 2.44. The summed E-state index contributed by atoms with van der Waals surface area (Å²) in [5, 5.41) is 13.9. The first kappa shape index (κ1) is 42.0. The monoisotopic (exact) mass is 671 g/mol. The van der Waals surface area contributed by atoms with E-state index < -0.39 is 5.41 Å². The number of likely N-dealkylation sites (tertiary alicyclic amines) is 2. The molecule has 1 saturated carbocycles. The van der Waals surface area contributed by atoms with Crippen molar-refractivity contribution in [2.45, 2.75) is 149 Å². The molecule has 4 heterocycles. The molecular weight excluding hydrogens is 601 g/mol. The van der Waals surface area contributed by atoms with Crippen molar-refractivity contribution >= 4 is 5.69 Å². The quantitative estimate of drug-likeness (QED) is 0.296. The first-order chi connectivity index (χ1) is 23.7. The van der Waals surface area contributed by atoms with E-state index in [4.69, 9.17) is 4.98 Å². The number of aromatic nitrogens is 1. The van der Waals surface area contributed by atoms with Crippen LogP contribution in [-0.4, -0.2) is 64.8 Å². The molecule has 49 heavy (non-hydrogen) atoms. The Morgan fingerprint density at radius 3 is 2.14 bits per heavy atom. The number of nitrogens with one attached hydrogen (secondary N) is 1. The Bertz CT molecular complexity index is 1300. The predicted octanol–water partition coefficient (Wildman–Crippen LogP) is 9.84. The summed E-state index contributed by atoms with van der Waals surface area (Å²) in [6, 6.07) is 17.8. The highest BCUT2D eigenvalue weighted by atomic mass is 15.4. The summed E-state index contributed by atoms with van der Waals surface area (Å²) < 4.78 is 0. The van der Waals surface area contributed by atoms with E-state index in [1.165, 1.54) is 36.2 Å². The number of nitrogens with zero attached hydrogens (tertiary/aromatic N) is 5. The van der Waals surface area contributed by atoms with Gasteiger partial charge in [-0.25, -0.2) is 0 Å². The largest absolute Gasteiger partial charge is 0.370 e.